The molecule has 0 saturated heterocycles. The summed E-state index contributed by atoms with van der Waals surface area (Å²) in [7, 11) is 0. The number of rotatable bonds is 12. The predicted octanol–water partition coefficient (Wildman–Crippen LogP) is 5.93. The van der Waals surface area contributed by atoms with Crippen molar-refractivity contribution in [3.05, 3.63) is 35.9 Å². The van der Waals surface area contributed by atoms with Gasteiger partial charge in [0.2, 0.25) is 0 Å². The van der Waals surface area contributed by atoms with Gasteiger partial charge < -0.3 is 14.6 Å². The number of benzene rings is 1. The lowest BCUT2D eigenvalue weighted by Crippen LogP contribution is -2.34. The van der Waals surface area contributed by atoms with Crippen LogP contribution in [0, 0.1) is 0 Å². The summed E-state index contributed by atoms with van der Waals surface area (Å²) in [6.45, 7) is 4.82. The van der Waals surface area contributed by atoms with Crippen molar-refractivity contribution in [3.63, 3.8) is 0 Å². The molecule has 4 heteroatoms. The van der Waals surface area contributed by atoms with Gasteiger partial charge in [-0.05, 0) is 68.9 Å². The van der Waals surface area contributed by atoms with Crippen LogP contribution in [0.4, 0.5) is 0 Å². The Hall–Kier alpha value is -1.97. The molecule has 0 radical (unpaired) electrons. The van der Waals surface area contributed by atoms with E-state index >= 15 is 0 Å². The Morgan fingerprint density at radius 1 is 1.26 bits per heavy atom. The van der Waals surface area contributed by atoms with Crippen molar-refractivity contribution in [2.75, 3.05) is 6.61 Å². The van der Waals surface area contributed by atoms with E-state index in [0.717, 1.165) is 36.3 Å². The maximum atomic E-state index is 10.5. The van der Waals surface area contributed by atoms with Crippen molar-refractivity contribution in [2.45, 2.75) is 83.7 Å². The molecule has 2 rings (SSSR count). The van der Waals surface area contributed by atoms with Gasteiger partial charge in [-0.15, -0.1) is 0 Å². The van der Waals surface area contributed by atoms with Crippen LogP contribution in [0.3, 0.4) is 0 Å². The molecule has 1 aliphatic heterocycles. The van der Waals surface area contributed by atoms with Crippen LogP contribution in [-0.4, -0.2) is 23.3 Å². The van der Waals surface area contributed by atoms with Crippen LogP contribution >= 0.6 is 0 Å². The highest BCUT2D eigenvalue weighted by atomic mass is 16.5. The van der Waals surface area contributed by atoms with E-state index in [1.54, 1.807) is 0 Å². The molecule has 0 aliphatic carbocycles. The lowest BCUT2D eigenvalue weighted by Gasteiger charge is -2.33. The highest BCUT2D eigenvalue weighted by Gasteiger charge is 2.29. The van der Waals surface area contributed by atoms with Crippen LogP contribution in [0.1, 0.15) is 77.2 Å². The molecule has 1 aliphatic rings. The molecular weight excluding hydrogens is 340 g/mol. The Balaban J connectivity index is 1.80. The van der Waals surface area contributed by atoms with Gasteiger partial charge in [0.25, 0.3) is 0 Å². The molecule has 4 nitrogen and oxygen atoms in total. The zero-order valence-corrected chi connectivity index (χ0v) is 16.8. The van der Waals surface area contributed by atoms with Gasteiger partial charge in [-0.3, -0.25) is 4.79 Å². The standard InChI is InChI=1S/C23H34O4/c1-3-4-5-6-7-8-9-15-23(2)16-14-19-18-20(12-13-21(19)27-23)26-17-10-11-22(24)25/h9,12-13,15,18H,3-8,10-11,14,16-17H2,1-2H3,(H,24,25)/b15-9+. The number of hydrogen-bond donors (Lipinski definition) is 1. The molecule has 0 amide bonds. The fourth-order valence-electron chi connectivity index (χ4n) is 3.35. The molecule has 1 heterocycles. The van der Waals surface area contributed by atoms with E-state index in [2.05, 4.69) is 26.0 Å². The van der Waals surface area contributed by atoms with Crippen LogP contribution in [0.15, 0.2) is 30.4 Å². The minimum Gasteiger partial charge on any atom is -0.494 e. The normalized spacial score (nSPS) is 18.9. The average Bonchev–Trinajstić information content (AvgIpc) is 2.64. The van der Waals surface area contributed by atoms with Gasteiger partial charge in [-0.25, -0.2) is 0 Å². The number of fused-ring (bicyclic) bond motifs is 1. The molecule has 1 unspecified atom stereocenters. The number of carboxylic acid groups (broad SMARTS) is 1. The molecule has 150 valence electrons. The fraction of sp³-hybridized carbons (Fsp3) is 0.609. The van der Waals surface area contributed by atoms with Crippen molar-refractivity contribution in [2.24, 2.45) is 0 Å². The minimum absolute atomic E-state index is 0.136. The van der Waals surface area contributed by atoms with Crippen LogP contribution in [0.5, 0.6) is 11.5 Å². The third-order valence-corrected chi connectivity index (χ3v) is 5.01. The molecule has 0 aromatic heterocycles. The minimum atomic E-state index is -0.786. The third-order valence-electron chi connectivity index (χ3n) is 5.01. The first kappa shape index (κ1) is 21.3. The molecular formula is C23H34O4. The lowest BCUT2D eigenvalue weighted by atomic mass is 9.91. The number of allylic oxidation sites excluding steroid dienone is 1. The molecule has 0 saturated carbocycles. The maximum absolute atomic E-state index is 10.5. The summed E-state index contributed by atoms with van der Waals surface area (Å²) in [5, 5.41) is 8.67. The maximum Gasteiger partial charge on any atom is 0.303 e. The molecule has 1 atom stereocenters. The highest BCUT2D eigenvalue weighted by Crippen LogP contribution is 2.36. The smallest absolute Gasteiger partial charge is 0.303 e. The Morgan fingerprint density at radius 2 is 2.07 bits per heavy atom. The summed E-state index contributed by atoms with van der Waals surface area (Å²) in [5.74, 6) is 0.925. The molecule has 1 aromatic carbocycles. The zero-order valence-electron chi connectivity index (χ0n) is 16.8. The van der Waals surface area contributed by atoms with Gasteiger partial charge in [0.15, 0.2) is 0 Å². The van der Waals surface area contributed by atoms with Gasteiger partial charge in [0, 0.05) is 6.42 Å². The molecule has 27 heavy (non-hydrogen) atoms. The number of aryl methyl sites for hydroxylation is 1. The molecule has 0 spiro atoms. The monoisotopic (exact) mass is 374 g/mol. The van der Waals surface area contributed by atoms with Crippen molar-refractivity contribution in [1.82, 2.24) is 0 Å². The second-order valence-electron chi connectivity index (χ2n) is 7.64. The van der Waals surface area contributed by atoms with Crippen molar-refractivity contribution < 1.29 is 19.4 Å². The largest absolute Gasteiger partial charge is 0.494 e. The van der Waals surface area contributed by atoms with Crippen molar-refractivity contribution >= 4 is 5.97 Å². The topological polar surface area (TPSA) is 55.8 Å². The van der Waals surface area contributed by atoms with Crippen molar-refractivity contribution in [1.29, 1.82) is 0 Å². The van der Waals surface area contributed by atoms with Gasteiger partial charge in [-0.1, -0.05) is 38.7 Å². The molecule has 1 N–H and O–H groups in total. The number of ether oxygens (including phenoxy) is 2. The van der Waals surface area contributed by atoms with Gasteiger partial charge in [0.1, 0.15) is 17.1 Å². The molecule has 0 fully saturated rings. The number of hydrogen-bond acceptors (Lipinski definition) is 3. The zero-order chi connectivity index (χ0) is 19.5. The quantitative estimate of drug-likeness (QED) is 0.364. The predicted molar refractivity (Wildman–Crippen MR) is 109 cm³/mol. The molecule has 0 bridgehead atoms. The first-order valence-corrected chi connectivity index (χ1v) is 10.4. The second-order valence-corrected chi connectivity index (χ2v) is 7.64. The van der Waals surface area contributed by atoms with E-state index < -0.39 is 5.97 Å². The number of aliphatic carboxylic acids is 1. The summed E-state index contributed by atoms with van der Waals surface area (Å²) in [5.41, 5.74) is 0.927. The van der Waals surface area contributed by atoms with Crippen molar-refractivity contribution in [3.8, 4) is 11.5 Å². The average molecular weight is 375 g/mol. The Kier molecular flexibility index (Phi) is 8.70. The molecule has 1 aromatic rings. The SMILES string of the molecule is CCCCCCC/C=C/C1(C)CCc2cc(OCCCC(=O)O)ccc2O1. The summed E-state index contributed by atoms with van der Waals surface area (Å²) >= 11 is 0. The van der Waals surface area contributed by atoms with E-state index in [-0.39, 0.29) is 12.0 Å². The number of carbonyl (C=O) groups is 1. The van der Waals surface area contributed by atoms with Gasteiger partial charge >= 0.3 is 5.97 Å². The van der Waals surface area contributed by atoms with Gasteiger partial charge in [0.05, 0.1) is 6.61 Å². The summed E-state index contributed by atoms with van der Waals surface area (Å²) in [6.07, 6.45) is 14.7. The van der Waals surface area contributed by atoms with Crippen LogP contribution < -0.4 is 9.47 Å². The third kappa shape index (κ3) is 7.66. The van der Waals surface area contributed by atoms with Crippen LogP contribution in [0.25, 0.3) is 0 Å². The Bertz CT molecular complexity index is 623. The summed E-state index contributed by atoms with van der Waals surface area (Å²) in [6, 6.07) is 5.90. The first-order chi connectivity index (χ1) is 13.0. The number of unbranched alkanes of at least 4 members (excludes halogenated alkanes) is 5. The van der Waals surface area contributed by atoms with E-state index in [1.807, 2.05) is 18.2 Å². The van der Waals surface area contributed by atoms with E-state index in [4.69, 9.17) is 14.6 Å². The second kappa shape index (κ2) is 11.0. The van der Waals surface area contributed by atoms with E-state index in [0.29, 0.717) is 13.0 Å². The lowest BCUT2D eigenvalue weighted by molar-refractivity contribution is -0.137. The van der Waals surface area contributed by atoms with E-state index in [1.165, 1.54) is 32.1 Å². The Labute approximate surface area is 163 Å². The van der Waals surface area contributed by atoms with Gasteiger partial charge in [-0.2, -0.15) is 0 Å². The fourth-order valence-corrected chi connectivity index (χ4v) is 3.35. The highest BCUT2D eigenvalue weighted by molar-refractivity contribution is 5.66. The first-order valence-electron chi connectivity index (χ1n) is 10.4. The number of carboxylic acids is 1. The summed E-state index contributed by atoms with van der Waals surface area (Å²) < 4.78 is 11.9. The Morgan fingerprint density at radius 3 is 2.85 bits per heavy atom. The summed E-state index contributed by atoms with van der Waals surface area (Å²) in [4.78, 5) is 10.5. The van der Waals surface area contributed by atoms with Crippen LogP contribution in [-0.2, 0) is 11.2 Å². The van der Waals surface area contributed by atoms with Crippen LogP contribution in [0.2, 0.25) is 0 Å². The van der Waals surface area contributed by atoms with E-state index in [9.17, 15) is 4.79 Å².